The summed E-state index contributed by atoms with van der Waals surface area (Å²) in [5.74, 6) is 0.612. The first-order chi connectivity index (χ1) is 7.35. The second kappa shape index (κ2) is 11.0. The van der Waals surface area contributed by atoms with Gasteiger partial charge >= 0.3 is 0 Å². The van der Waals surface area contributed by atoms with Crippen molar-refractivity contribution in [1.82, 2.24) is 0 Å². The highest BCUT2D eigenvalue weighted by atomic mass is 35.5. The number of halogens is 1. The predicted octanol–water partition coefficient (Wildman–Crippen LogP) is 3.80. The van der Waals surface area contributed by atoms with Gasteiger partial charge in [-0.25, -0.2) is 0 Å². The van der Waals surface area contributed by atoms with Crippen LogP contribution in [0.5, 0.6) is 0 Å². The van der Waals surface area contributed by atoms with Gasteiger partial charge in [0.25, 0.3) is 0 Å². The second-order valence-electron chi connectivity index (χ2n) is 2.73. The van der Waals surface area contributed by atoms with Gasteiger partial charge < -0.3 is 4.74 Å². The maximum atomic E-state index is 5.53. The Bertz CT molecular complexity index is 248. The van der Waals surface area contributed by atoms with Gasteiger partial charge in [0.15, 0.2) is 0 Å². The molecule has 1 nitrogen and oxygen atoms in total. The van der Waals surface area contributed by atoms with Crippen molar-refractivity contribution in [1.29, 1.82) is 0 Å². The molecule has 0 aliphatic rings. The van der Waals surface area contributed by atoms with E-state index in [1.165, 1.54) is 5.56 Å². The molecule has 0 N–H and O–H groups in total. The fourth-order valence-corrected chi connectivity index (χ4v) is 0.980. The quantitative estimate of drug-likeness (QED) is 0.420. The predicted molar refractivity (Wildman–Crippen MR) is 67.2 cm³/mol. The van der Waals surface area contributed by atoms with E-state index in [0.717, 1.165) is 0 Å². The van der Waals surface area contributed by atoms with E-state index in [-0.39, 0.29) is 0 Å². The summed E-state index contributed by atoms with van der Waals surface area (Å²) in [6.07, 6.45) is 3.42. The smallest absolute Gasteiger partial charge is 0.0649 e. The summed E-state index contributed by atoms with van der Waals surface area (Å²) in [4.78, 5) is 0. The Balaban J connectivity index is 0.000000265. The second-order valence-corrected chi connectivity index (χ2v) is 3.00. The normalized spacial score (nSPS) is 8.60. The van der Waals surface area contributed by atoms with Crippen LogP contribution in [0, 0.1) is 0 Å². The first-order valence-corrected chi connectivity index (χ1v) is 5.28. The van der Waals surface area contributed by atoms with Crippen molar-refractivity contribution in [2.24, 2.45) is 0 Å². The molecule has 0 spiro atoms. The molecule has 0 radical (unpaired) electrons. The van der Waals surface area contributed by atoms with Crippen molar-refractivity contribution < 1.29 is 4.74 Å². The molecule has 2 heteroatoms. The Morgan fingerprint density at radius 1 is 1.07 bits per heavy atom. The monoisotopic (exact) mass is 224 g/mol. The maximum absolute atomic E-state index is 5.53. The molecule has 1 aromatic carbocycles. The number of benzene rings is 1. The van der Waals surface area contributed by atoms with Gasteiger partial charge in [0.2, 0.25) is 0 Å². The van der Waals surface area contributed by atoms with Crippen LogP contribution in [0.1, 0.15) is 5.56 Å². The minimum Gasteiger partial charge on any atom is -0.373 e. The average molecular weight is 225 g/mol. The molecule has 0 amide bonds. The first-order valence-electron chi connectivity index (χ1n) is 4.74. The van der Waals surface area contributed by atoms with Crippen molar-refractivity contribution >= 4 is 11.6 Å². The molecule has 1 rings (SSSR count). The van der Waals surface area contributed by atoms with Gasteiger partial charge in [-0.15, -0.1) is 24.8 Å². The lowest BCUT2D eigenvalue weighted by Gasteiger charge is -1.89. The van der Waals surface area contributed by atoms with Gasteiger partial charge in [0.05, 0.1) is 13.2 Å². The largest absolute Gasteiger partial charge is 0.373 e. The van der Waals surface area contributed by atoms with E-state index in [1.807, 2.05) is 30.3 Å². The number of rotatable bonds is 5. The van der Waals surface area contributed by atoms with Crippen LogP contribution in [-0.2, 0) is 10.6 Å². The fraction of sp³-hybridized carbons (Fsp3) is 0.231. The zero-order valence-corrected chi connectivity index (χ0v) is 9.62. The minimum absolute atomic E-state index is 0.612. The molecule has 0 fully saturated rings. The van der Waals surface area contributed by atoms with Crippen molar-refractivity contribution in [3.05, 3.63) is 61.2 Å². The highest BCUT2D eigenvalue weighted by Gasteiger charge is 1.81. The molecule has 0 unspecified atom stereocenters. The van der Waals surface area contributed by atoms with Gasteiger partial charge in [-0.05, 0) is 5.56 Å². The Labute approximate surface area is 97.0 Å². The van der Waals surface area contributed by atoms with Crippen LogP contribution >= 0.6 is 11.6 Å². The van der Waals surface area contributed by atoms with Crippen LogP contribution in [0.25, 0.3) is 0 Å². The number of alkyl halides is 1. The highest BCUT2D eigenvalue weighted by Crippen LogP contribution is 2.00. The standard InChI is InChI=1S/C7H7Cl.C6H10O/c8-6-7-4-2-1-3-5-7;1-3-5-7-6-4-2/h1-5H,6H2;3-4H,1-2,5-6H2. The average Bonchev–Trinajstić information content (AvgIpc) is 2.32. The van der Waals surface area contributed by atoms with Gasteiger partial charge in [0, 0.05) is 5.88 Å². The van der Waals surface area contributed by atoms with Gasteiger partial charge in [-0.3, -0.25) is 0 Å². The Hall–Kier alpha value is -1.05. The van der Waals surface area contributed by atoms with E-state index in [9.17, 15) is 0 Å². The summed E-state index contributed by atoms with van der Waals surface area (Å²) in [6.45, 7) is 8.18. The Kier molecular flexibility index (Phi) is 10.3. The number of ether oxygens (including phenoxy) is 1. The van der Waals surface area contributed by atoms with E-state index < -0.39 is 0 Å². The van der Waals surface area contributed by atoms with Crippen LogP contribution in [-0.4, -0.2) is 13.2 Å². The summed E-state index contributed by atoms with van der Waals surface area (Å²) in [6, 6.07) is 9.96. The minimum atomic E-state index is 0.612. The highest BCUT2D eigenvalue weighted by molar-refractivity contribution is 6.17. The van der Waals surface area contributed by atoms with Gasteiger partial charge in [-0.1, -0.05) is 42.5 Å². The lowest BCUT2D eigenvalue weighted by Crippen LogP contribution is -1.87. The van der Waals surface area contributed by atoms with Gasteiger partial charge in [-0.2, -0.15) is 0 Å². The lowest BCUT2D eigenvalue weighted by molar-refractivity contribution is 0.194. The molecule has 0 aliphatic heterocycles. The van der Waals surface area contributed by atoms with Crippen LogP contribution in [0.4, 0.5) is 0 Å². The molecule has 0 aromatic heterocycles. The molecule has 82 valence electrons. The summed E-state index contributed by atoms with van der Waals surface area (Å²) in [5.41, 5.74) is 1.18. The molecule has 0 aliphatic carbocycles. The zero-order valence-electron chi connectivity index (χ0n) is 8.86. The molecule has 15 heavy (non-hydrogen) atoms. The molecular weight excluding hydrogens is 208 g/mol. The van der Waals surface area contributed by atoms with Crippen LogP contribution < -0.4 is 0 Å². The number of hydrogen-bond acceptors (Lipinski definition) is 1. The molecule has 0 saturated heterocycles. The third-order valence-electron chi connectivity index (χ3n) is 1.47. The Morgan fingerprint density at radius 3 is 1.93 bits per heavy atom. The summed E-state index contributed by atoms with van der Waals surface area (Å²) < 4.78 is 4.90. The molecule has 0 heterocycles. The van der Waals surface area contributed by atoms with E-state index in [4.69, 9.17) is 16.3 Å². The van der Waals surface area contributed by atoms with Gasteiger partial charge in [0.1, 0.15) is 0 Å². The number of hydrogen-bond donors (Lipinski definition) is 0. The summed E-state index contributed by atoms with van der Waals surface area (Å²) >= 11 is 5.53. The summed E-state index contributed by atoms with van der Waals surface area (Å²) in [7, 11) is 0. The first kappa shape index (κ1) is 13.9. The van der Waals surface area contributed by atoms with Crippen LogP contribution in [0.15, 0.2) is 55.6 Å². The molecule has 0 saturated carbocycles. The molecule has 1 aromatic rings. The maximum Gasteiger partial charge on any atom is 0.0649 e. The summed E-state index contributed by atoms with van der Waals surface area (Å²) in [5, 5.41) is 0. The zero-order chi connectivity index (χ0) is 11.4. The molecule has 0 bridgehead atoms. The third-order valence-corrected chi connectivity index (χ3v) is 1.78. The van der Waals surface area contributed by atoms with Crippen molar-refractivity contribution in [2.45, 2.75) is 5.88 Å². The third kappa shape index (κ3) is 9.26. The van der Waals surface area contributed by atoms with Crippen molar-refractivity contribution in [3.8, 4) is 0 Å². The fourth-order valence-electron chi connectivity index (χ4n) is 0.802. The molecular formula is C13H17ClO. The SMILES string of the molecule is C=CCOCC=C.ClCc1ccccc1. The lowest BCUT2D eigenvalue weighted by atomic mass is 10.2. The van der Waals surface area contributed by atoms with E-state index >= 15 is 0 Å². The van der Waals surface area contributed by atoms with Crippen LogP contribution in [0.3, 0.4) is 0 Å². The topological polar surface area (TPSA) is 9.23 Å². The van der Waals surface area contributed by atoms with E-state index in [0.29, 0.717) is 19.1 Å². The van der Waals surface area contributed by atoms with E-state index in [2.05, 4.69) is 13.2 Å². The Morgan fingerprint density at radius 2 is 1.60 bits per heavy atom. The van der Waals surface area contributed by atoms with Crippen molar-refractivity contribution in [3.63, 3.8) is 0 Å². The van der Waals surface area contributed by atoms with Crippen molar-refractivity contribution in [2.75, 3.05) is 13.2 Å². The van der Waals surface area contributed by atoms with E-state index in [1.54, 1.807) is 12.2 Å². The van der Waals surface area contributed by atoms with Crippen LogP contribution in [0.2, 0.25) is 0 Å². The molecule has 0 atom stereocenters.